The Morgan fingerprint density at radius 2 is 2.04 bits per heavy atom. The third-order valence-electron chi connectivity index (χ3n) is 7.12. The highest BCUT2D eigenvalue weighted by Crippen LogP contribution is 2.60. The van der Waals surface area contributed by atoms with Gasteiger partial charge in [0.25, 0.3) is 0 Å². The molecule has 28 heavy (non-hydrogen) atoms. The van der Waals surface area contributed by atoms with Crippen LogP contribution in [-0.2, 0) is 4.79 Å². The van der Waals surface area contributed by atoms with Gasteiger partial charge in [0.05, 0.1) is 10.0 Å². The Morgan fingerprint density at radius 3 is 2.68 bits per heavy atom. The minimum Gasteiger partial charge on any atom is -0.467 e. The van der Waals surface area contributed by atoms with Crippen molar-refractivity contribution in [1.29, 1.82) is 0 Å². The van der Waals surface area contributed by atoms with Crippen molar-refractivity contribution < 1.29 is 9.53 Å². The maximum atomic E-state index is 13.4. The minimum absolute atomic E-state index is 0.00740. The first-order chi connectivity index (χ1) is 13.1. The van der Waals surface area contributed by atoms with Crippen LogP contribution in [0.5, 0.6) is 5.75 Å². The maximum absolute atomic E-state index is 13.4. The van der Waals surface area contributed by atoms with Gasteiger partial charge < -0.3 is 4.74 Å². The third-order valence-corrected chi connectivity index (χ3v) is 8.10. The SMILES string of the molecule is Cc1cc2c3c(c1Br)O[C@@H](CC(C)C)N=C3C(=O)C[C@]1(C)CCC(C(C)C)[C@H]21. The van der Waals surface area contributed by atoms with Gasteiger partial charge in [-0.15, -0.1) is 0 Å². The summed E-state index contributed by atoms with van der Waals surface area (Å²) in [5.74, 6) is 3.08. The van der Waals surface area contributed by atoms with E-state index in [9.17, 15) is 4.79 Å². The van der Waals surface area contributed by atoms with Crippen molar-refractivity contribution in [1.82, 2.24) is 0 Å². The van der Waals surface area contributed by atoms with Crippen LogP contribution in [0.1, 0.15) is 82.9 Å². The summed E-state index contributed by atoms with van der Waals surface area (Å²) < 4.78 is 7.37. The predicted octanol–water partition coefficient (Wildman–Crippen LogP) is 6.44. The van der Waals surface area contributed by atoms with Gasteiger partial charge in [-0.2, -0.15) is 0 Å². The molecule has 1 aliphatic heterocycles. The highest BCUT2D eigenvalue weighted by molar-refractivity contribution is 9.10. The van der Waals surface area contributed by atoms with E-state index in [0.717, 1.165) is 28.6 Å². The molecule has 1 unspecified atom stereocenters. The highest BCUT2D eigenvalue weighted by Gasteiger charge is 2.52. The van der Waals surface area contributed by atoms with Crippen LogP contribution in [0, 0.1) is 30.1 Å². The average molecular weight is 446 g/mol. The number of fused-ring (bicyclic) bond motifs is 2. The molecule has 0 saturated heterocycles. The van der Waals surface area contributed by atoms with Gasteiger partial charge in [0.2, 0.25) is 0 Å². The number of halogens is 1. The van der Waals surface area contributed by atoms with Gasteiger partial charge in [0, 0.05) is 12.8 Å². The first-order valence-electron chi connectivity index (χ1n) is 10.7. The molecule has 4 atom stereocenters. The first kappa shape index (κ1) is 20.1. The zero-order chi connectivity index (χ0) is 20.4. The van der Waals surface area contributed by atoms with Crippen molar-refractivity contribution in [2.45, 2.75) is 79.4 Å². The topological polar surface area (TPSA) is 38.7 Å². The molecule has 1 heterocycles. The van der Waals surface area contributed by atoms with Crippen LogP contribution in [0.3, 0.4) is 0 Å². The van der Waals surface area contributed by atoms with E-state index in [4.69, 9.17) is 9.73 Å². The lowest BCUT2D eigenvalue weighted by atomic mass is 9.69. The predicted molar refractivity (Wildman–Crippen MR) is 117 cm³/mol. The van der Waals surface area contributed by atoms with E-state index < -0.39 is 0 Å². The van der Waals surface area contributed by atoms with Crippen molar-refractivity contribution >= 4 is 27.4 Å². The van der Waals surface area contributed by atoms with Crippen LogP contribution in [0.2, 0.25) is 0 Å². The van der Waals surface area contributed by atoms with Crippen molar-refractivity contribution in [2.24, 2.45) is 28.2 Å². The molecule has 3 nitrogen and oxygen atoms in total. The molecular formula is C24H32BrNO2. The molecule has 0 bridgehead atoms. The number of Topliss-reactive ketones (excluding diaryl/α,β-unsaturated/α-hetero) is 1. The van der Waals surface area contributed by atoms with Crippen LogP contribution in [0.15, 0.2) is 15.5 Å². The number of rotatable bonds is 3. The van der Waals surface area contributed by atoms with Gasteiger partial charge in [-0.25, -0.2) is 4.99 Å². The number of carbonyl (C=O) groups excluding carboxylic acids is 1. The monoisotopic (exact) mass is 445 g/mol. The second-order valence-corrected chi connectivity index (χ2v) is 11.0. The molecule has 4 rings (SSSR count). The van der Waals surface area contributed by atoms with Crippen molar-refractivity contribution in [2.75, 3.05) is 0 Å². The third kappa shape index (κ3) is 3.07. The molecule has 4 heteroatoms. The summed E-state index contributed by atoms with van der Waals surface area (Å²) in [5, 5.41) is 0. The number of ketones is 1. The Kier molecular flexibility index (Phi) is 5.01. The molecule has 0 aromatic heterocycles. The highest BCUT2D eigenvalue weighted by atomic mass is 79.9. The molecule has 2 aliphatic carbocycles. The van der Waals surface area contributed by atoms with Crippen LogP contribution in [-0.4, -0.2) is 17.7 Å². The largest absolute Gasteiger partial charge is 0.467 e. The van der Waals surface area contributed by atoms with E-state index in [1.807, 2.05) is 0 Å². The average Bonchev–Trinajstić information content (AvgIpc) is 2.90. The molecule has 0 amide bonds. The summed E-state index contributed by atoms with van der Waals surface area (Å²) in [4.78, 5) is 18.3. The standard InChI is InChI=1S/C24H32BrNO2/c1-12(2)9-18-26-22-17(27)11-24(6)8-7-15(13(3)4)20(24)16-10-14(5)21(25)23(28-18)19(16)22/h10,12-13,15,18,20H,7-9,11H2,1-6H3/t15?,18-,20+,24-/m0/s1. The van der Waals surface area contributed by atoms with Crippen molar-refractivity contribution in [3.8, 4) is 5.75 Å². The van der Waals surface area contributed by atoms with Crippen molar-refractivity contribution in [3.63, 3.8) is 0 Å². The summed E-state index contributed by atoms with van der Waals surface area (Å²) in [6.45, 7) is 13.5. The number of nitrogens with zero attached hydrogens (tertiary/aromatic N) is 1. The molecule has 1 fully saturated rings. The van der Waals surface area contributed by atoms with Crippen molar-refractivity contribution in [3.05, 3.63) is 27.2 Å². The van der Waals surface area contributed by atoms with Gasteiger partial charge in [-0.3, -0.25) is 4.79 Å². The second-order valence-electron chi connectivity index (χ2n) is 10.2. The van der Waals surface area contributed by atoms with E-state index in [2.05, 4.69) is 63.5 Å². The summed E-state index contributed by atoms with van der Waals surface area (Å²) in [7, 11) is 0. The molecular weight excluding hydrogens is 414 g/mol. The molecule has 0 radical (unpaired) electrons. The quantitative estimate of drug-likeness (QED) is 0.536. The fourth-order valence-corrected chi connectivity index (χ4v) is 6.19. The Hall–Kier alpha value is -1.16. The number of hydrogen-bond acceptors (Lipinski definition) is 3. The summed E-state index contributed by atoms with van der Waals surface area (Å²) >= 11 is 3.76. The fourth-order valence-electron chi connectivity index (χ4n) is 5.78. The van der Waals surface area contributed by atoms with Gasteiger partial charge >= 0.3 is 0 Å². The lowest BCUT2D eigenvalue weighted by Gasteiger charge is -2.35. The smallest absolute Gasteiger partial charge is 0.190 e. The fraction of sp³-hybridized carbons (Fsp3) is 0.667. The number of aryl methyl sites for hydroxylation is 1. The van der Waals surface area contributed by atoms with E-state index in [0.29, 0.717) is 35.8 Å². The van der Waals surface area contributed by atoms with Gasteiger partial charge in [-0.05, 0) is 75.9 Å². The molecule has 152 valence electrons. The lowest BCUT2D eigenvalue weighted by Crippen LogP contribution is -2.30. The number of aliphatic imine (C=N–C) groups is 1. The van der Waals surface area contributed by atoms with Crippen LogP contribution >= 0.6 is 15.9 Å². The summed E-state index contributed by atoms with van der Waals surface area (Å²) in [6.07, 6.45) is 3.45. The normalized spacial score (nSPS) is 31.4. The van der Waals surface area contributed by atoms with Crippen LogP contribution < -0.4 is 4.74 Å². The van der Waals surface area contributed by atoms with E-state index >= 15 is 0 Å². The van der Waals surface area contributed by atoms with E-state index in [1.165, 1.54) is 17.5 Å². The maximum Gasteiger partial charge on any atom is 0.190 e. The molecule has 1 aromatic carbocycles. The lowest BCUT2D eigenvalue weighted by molar-refractivity contribution is -0.115. The van der Waals surface area contributed by atoms with Gasteiger partial charge in [0.15, 0.2) is 12.0 Å². The summed E-state index contributed by atoms with van der Waals surface area (Å²) in [5.41, 5.74) is 4.13. The Balaban J connectivity index is 1.96. The zero-order valence-corrected chi connectivity index (χ0v) is 19.5. The number of ether oxygens (including phenoxy) is 1. The number of benzene rings is 1. The summed E-state index contributed by atoms with van der Waals surface area (Å²) in [6, 6.07) is 2.30. The van der Waals surface area contributed by atoms with Crippen LogP contribution in [0.4, 0.5) is 0 Å². The minimum atomic E-state index is -0.274. The van der Waals surface area contributed by atoms with Crippen LogP contribution in [0.25, 0.3) is 0 Å². The number of carbonyl (C=O) groups is 1. The second kappa shape index (κ2) is 6.97. The molecule has 1 aromatic rings. The van der Waals surface area contributed by atoms with E-state index in [-0.39, 0.29) is 17.4 Å². The Labute approximate surface area is 177 Å². The zero-order valence-electron chi connectivity index (χ0n) is 17.9. The van der Waals surface area contributed by atoms with E-state index in [1.54, 1.807) is 0 Å². The van der Waals surface area contributed by atoms with Gasteiger partial charge in [-0.1, -0.05) is 40.7 Å². The molecule has 0 N–H and O–H groups in total. The molecule has 1 saturated carbocycles. The van der Waals surface area contributed by atoms with Gasteiger partial charge in [0.1, 0.15) is 11.5 Å². The Morgan fingerprint density at radius 1 is 1.32 bits per heavy atom. The first-order valence-corrected chi connectivity index (χ1v) is 11.5. The molecule has 0 spiro atoms. The Bertz CT molecular complexity index is 857. The molecule has 3 aliphatic rings. The number of hydrogen-bond donors (Lipinski definition) is 0.